The van der Waals surface area contributed by atoms with Gasteiger partial charge in [0.25, 0.3) is 0 Å². The molecule has 1 aromatic heterocycles. The van der Waals surface area contributed by atoms with E-state index in [-0.39, 0.29) is 18.3 Å². The van der Waals surface area contributed by atoms with E-state index in [0.717, 1.165) is 24.5 Å². The summed E-state index contributed by atoms with van der Waals surface area (Å²) in [5.41, 5.74) is 3.03. The van der Waals surface area contributed by atoms with Crippen LogP contribution in [0.1, 0.15) is 66.5 Å². The van der Waals surface area contributed by atoms with Gasteiger partial charge < -0.3 is 19.2 Å². The molecule has 0 amide bonds. The van der Waals surface area contributed by atoms with Gasteiger partial charge in [-0.1, -0.05) is 32.4 Å². The fourth-order valence-electron chi connectivity index (χ4n) is 3.80. The topological polar surface area (TPSA) is 35.4 Å². The van der Waals surface area contributed by atoms with Gasteiger partial charge >= 0.3 is 7.12 Å². The third kappa shape index (κ3) is 4.03. The van der Waals surface area contributed by atoms with Crippen LogP contribution < -0.4 is 10.8 Å². The maximum Gasteiger partial charge on any atom is 0.494 e. The van der Waals surface area contributed by atoms with E-state index in [9.17, 15) is 0 Å². The Morgan fingerprint density at radius 3 is 2.29 bits per heavy atom. The van der Waals surface area contributed by atoms with Gasteiger partial charge in [0.15, 0.2) is 0 Å². The number of rotatable bonds is 5. The first-order valence-corrected chi connectivity index (χ1v) is 10.9. The van der Waals surface area contributed by atoms with Crippen LogP contribution in [-0.4, -0.2) is 29.4 Å². The summed E-state index contributed by atoms with van der Waals surface area (Å²) in [6, 6.07) is 8.82. The highest BCUT2D eigenvalue weighted by molar-refractivity contribution is 6.62. The number of nitrogens with zero attached hydrogens (tertiary/aromatic N) is 1. The first-order chi connectivity index (χ1) is 13.3. The van der Waals surface area contributed by atoms with Gasteiger partial charge in [-0.05, 0) is 76.0 Å². The quantitative estimate of drug-likeness (QED) is 0.777. The number of hydrogen-bond donors (Lipinski definition) is 1. The van der Waals surface area contributed by atoms with E-state index in [2.05, 4.69) is 68.9 Å². The summed E-state index contributed by atoms with van der Waals surface area (Å²) in [6.45, 7) is 14.5. The second kappa shape index (κ2) is 8.21. The summed E-state index contributed by atoms with van der Waals surface area (Å²) in [5, 5.41) is 4.90. The molecule has 2 aliphatic rings. The van der Waals surface area contributed by atoms with Crippen molar-refractivity contribution in [2.75, 3.05) is 6.54 Å². The Hall–Kier alpha value is -1.30. The van der Waals surface area contributed by atoms with E-state index < -0.39 is 0 Å². The fraction of sp³-hybridized carbons (Fsp3) is 0.652. The molecule has 28 heavy (non-hydrogen) atoms. The summed E-state index contributed by atoms with van der Waals surface area (Å²) in [6.07, 6.45) is 4.18. The maximum absolute atomic E-state index is 6.21. The van der Waals surface area contributed by atoms with Crippen LogP contribution in [0.4, 0.5) is 0 Å². The molecular weight excluding hydrogens is 347 g/mol. The zero-order chi connectivity index (χ0) is 20.5. The number of aromatic nitrogens is 1. The number of benzene rings is 1. The zero-order valence-corrected chi connectivity index (χ0v) is 18.8. The zero-order valence-electron chi connectivity index (χ0n) is 18.8. The Bertz CT molecular complexity index is 792. The SMILES string of the molecule is CC.Cn1c(CNCC2CCC2)cc2ccc(B3OC(C)(C)C(C)(C)O3)cc21. The van der Waals surface area contributed by atoms with Gasteiger partial charge in [-0.15, -0.1) is 0 Å². The van der Waals surface area contributed by atoms with Gasteiger partial charge in [0.1, 0.15) is 0 Å². The lowest BCUT2D eigenvalue weighted by molar-refractivity contribution is 0.00578. The first kappa shape index (κ1) is 21.4. The largest absolute Gasteiger partial charge is 0.494 e. The predicted octanol–water partition coefficient (Wildman–Crippen LogP) is 4.39. The van der Waals surface area contributed by atoms with Crippen molar-refractivity contribution in [3.63, 3.8) is 0 Å². The molecule has 4 nitrogen and oxygen atoms in total. The van der Waals surface area contributed by atoms with Crippen LogP contribution in [0.2, 0.25) is 0 Å². The fourth-order valence-corrected chi connectivity index (χ4v) is 3.80. The first-order valence-electron chi connectivity index (χ1n) is 10.9. The van der Waals surface area contributed by atoms with Crippen LogP contribution in [0.25, 0.3) is 10.9 Å². The van der Waals surface area contributed by atoms with Gasteiger partial charge in [0.2, 0.25) is 0 Å². The molecule has 1 saturated heterocycles. The van der Waals surface area contributed by atoms with Gasteiger partial charge in [-0.2, -0.15) is 0 Å². The van der Waals surface area contributed by atoms with Crippen LogP contribution in [0.5, 0.6) is 0 Å². The summed E-state index contributed by atoms with van der Waals surface area (Å²) in [5.74, 6) is 0.889. The molecular formula is C23H37BN2O2. The molecule has 0 atom stereocenters. The van der Waals surface area contributed by atoms with Crippen molar-refractivity contribution >= 4 is 23.5 Å². The molecule has 1 aliphatic carbocycles. The van der Waals surface area contributed by atoms with Crippen molar-refractivity contribution in [1.82, 2.24) is 9.88 Å². The Balaban J connectivity index is 0.00000109. The highest BCUT2D eigenvalue weighted by Gasteiger charge is 2.51. The van der Waals surface area contributed by atoms with E-state index in [1.807, 2.05) is 13.8 Å². The maximum atomic E-state index is 6.21. The van der Waals surface area contributed by atoms with Crippen LogP contribution in [0.15, 0.2) is 24.3 Å². The van der Waals surface area contributed by atoms with Crippen molar-refractivity contribution in [3.8, 4) is 0 Å². The second-order valence-corrected chi connectivity index (χ2v) is 9.03. The summed E-state index contributed by atoms with van der Waals surface area (Å²) >= 11 is 0. The molecule has 1 aromatic carbocycles. The molecule has 4 rings (SSSR count). The molecule has 0 unspecified atom stereocenters. The van der Waals surface area contributed by atoms with Gasteiger partial charge in [-0.3, -0.25) is 0 Å². The Kier molecular flexibility index (Phi) is 6.28. The molecule has 154 valence electrons. The van der Waals surface area contributed by atoms with Gasteiger partial charge in [0.05, 0.1) is 11.2 Å². The normalized spacial score (nSPS) is 20.8. The monoisotopic (exact) mass is 384 g/mol. The molecule has 0 spiro atoms. The van der Waals surface area contributed by atoms with Crippen LogP contribution >= 0.6 is 0 Å². The highest BCUT2D eigenvalue weighted by Crippen LogP contribution is 2.36. The van der Waals surface area contributed by atoms with E-state index in [1.54, 1.807) is 0 Å². The molecule has 2 aromatic rings. The van der Waals surface area contributed by atoms with Gasteiger partial charge in [0, 0.05) is 24.8 Å². The standard InChI is InChI=1S/C21H31BN2O2.C2H6/c1-20(2)21(3,4)26-22(25-20)17-10-9-16-11-18(24(5)19(16)12-17)14-23-13-15-7-6-8-15;1-2/h9-12,15,23H,6-8,13-14H2,1-5H3;1-2H3. The van der Waals surface area contributed by atoms with Crippen LogP contribution in [-0.2, 0) is 22.9 Å². The number of hydrogen-bond acceptors (Lipinski definition) is 3. The minimum atomic E-state index is -0.308. The molecule has 1 N–H and O–H groups in total. The Morgan fingerprint density at radius 1 is 1.07 bits per heavy atom. The van der Waals surface area contributed by atoms with Crippen molar-refractivity contribution < 1.29 is 9.31 Å². The average molecular weight is 384 g/mol. The molecule has 2 heterocycles. The summed E-state index contributed by atoms with van der Waals surface area (Å²) < 4.78 is 14.7. The lowest BCUT2D eigenvalue weighted by Gasteiger charge is -2.32. The number of fused-ring (bicyclic) bond motifs is 1. The Morgan fingerprint density at radius 2 is 1.71 bits per heavy atom. The van der Waals surface area contributed by atoms with Crippen LogP contribution in [0, 0.1) is 5.92 Å². The van der Waals surface area contributed by atoms with Crippen molar-refractivity contribution in [3.05, 3.63) is 30.0 Å². The number of aryl methyl sites for hydroxylation is 1. The Labute approximate surface area is 171 Å². The van der Waals surface area contributed by atoms with Gasteiger partial charge in [-0.25, -0.2) is 0 Å². The van der Waals surface area contributed by atoms with Crippen molar-refractivity contribution in [2.45, 2.75) is 78.6 Å². The molecule has 1 saturated carbocycles. The molecule has 5 heteroatoms. The second-order valence-electron chi connectivity index (χ2n) is 9.03. The smallest absolute Gasteiger partial charge is 0.399 e. The minimum absolute atomic E-state index is 0.306. The lowest BCUT2D eigenvalue weighted by Crippen LogP contribution is -2.41. The molecule has 0 bridgehead atoms. The minimum Gasteiger partial charge on any atom is -0.399 e. The third-order valence-electron chi connectivity index (χ3n) is 6.66. The molecule has 1 aliphatic heterocycles. The van der Waals surface area contributed by atoms with Crippen molar-refractivity contribution in [1.29, 1.82) is 0 Å². The van der Waals surface area contributed by atoms with E-state index in [4.69, 9.17) is 9.31 Å². The lowest BCUT2D eigenvalue weighted by atomic mass is 9.79. The summed E-state index contributed by atoms with van der Waals surface area (Å²) in [7, 11) is 1.84. The van der Waals surface area contributed by atoms with E-state index in [1.165, 1.54) is 35.9 Å². The predicted molar refractivity (Wildman–Crippen MR) is 119 cm³/mol. The number of nitrogens with one attached hydrogen (secondary N) is 1. The van der Waals surface area contributed by atoms with E-state index >= 15 is 0 Å². The van der Waals surface area contributed by atoms with Crippen LogP contribution in [0.3, 0.4) is 0 Å². The molecule has 2 fully saturated rings. The average Bonchev–Trinajstić information content (AvgIpc) is 3.04. The molecule has 0 radical (unpaired) electrons. The summed E-state index contributed by atoms with van der Waals surface area (Å²) in [4.78, 5) is 0. The van der Waals surface area contributed by atoms with Crippen molar-refractivity contribution in [2.24, 2.45) is 13.0 Å². The third-order valence-corrected chi connectivity index (χ3v) is 6.66. The highest BCUT2D eigenvalue weighted by atomic mass is 16.7. The van der Waals surface area contributed by atoms with E-state index in [0.29, 0.717) is 0 Å².